The minimum Gasteiger partial charge on any atom is -0.493 e. The van der Waals surface area contributed by atoms with E-state index in [1.54, 1.807) is 55.5 Å². The second kappa shape index (κ2) is 9.78. The number of aromatic nitrogens is 2. The predicted octanol–water partition coefficient (Wildman–Crippen LogP) is 3.87. The Hall–Kier alpha value is -3.79. The van der Waals surface area contributed by atoms with E-state index in [1.807, 2.05) is 0 Å². The first kappa shape index (κ1) is 22.4. The Morgan fingerprint density at radius 2 is 1.91 bits per heavy atom. The predicted molar refractivity (Wildman–Crippen MR) is 123 cm³/mol. The zero-order valence-electron chi connectivity index (χ0n) is 17.9. The Labute approximate surface area is 193 Å². The summed E-state index contributed by atoms with van der Waals surface area (Å²) in [5.74, 6) is 0.242. The van der Waals surface area contributed by atoms with E-state index in [0.29, 0.717) is 33.9 Å². The van der Waals surface area contributed by atoms with Crippen molar-refractivity contribution in [2.75, 3.05) is 31.0 Å². The third kappa shape index (κ3) is 5.17. The van der Waals surface area contributed by atoms with E-state index < -0.39 is 0 Å². The molecule has 3 aromatic rings. The van der Waals surface area contributed by atoms with E-state index in [4.69, 9.17) is 9.47 Å². The number of hydrogen-bond acceptors (Lipinski definition) is 7. The number of halogens is 1. The maximum Gasteiger partial charge on any atom is 0.250 e. The van der Waals surface area contributed by atoms with Crippen molar-refractivity contribution >= 4 is 40.0 Å². The van der Waals surface area contributed by atoms with Gasteiger partial charge in [0.15, 0.2) is 11.5 Å². The van der Waals surface area contributed by atoms with Crippen LogP contribution in [0, 0.1) is 5.82 Å². The van der Waals surface area contributed by atoms with E-state index in [0.717, 1.165) is 5.56 Å². The molecule has 1 atom stereocenters. The topological polar surface area (TPSA) is 93.7 Å². The van der Waals surface area contributed by atoms with E-state index in [-0.39, 0.29) is 30.0 Å². The van der Waals surface area contributed by atoms with Gasteiger partial charge in [-0.1, -0.05) is 17.4 Å². The first-order valence-corrected chi connectivity index (χ1v) is 10.9. The van der Waals surface area contributed by atoms with Crippen molar-refractivity contribution in [3.05, 3.63) is 64.9 Å². The van der Waals surface area contributed by atoms with Gasteiger partial charge >= 0.3 is 0 Å². The third-order valence-electron chi connectivity index (χ3n) is 5.12. The third-order valence-corrected chi connectivity index (χ3v) is 6.12. The maximum absolute atomic E-state index is 13.2. The molecule has 1 saturated heterocycles. The van der Waals surface area contributed by atoms with Crippen LogP contribution >= 0.6 is 11.3 Å². The zero-order valence-corrected chi connectivity index (χ0v) is 18.8. The number of carbonyl (C=O) groups excluding carboxylic acids is 2. The number of nitrogens with zero attached hydrogens (tertiary/aromatic N) is 3. The van der Waals surface area contributed by atoms with Crippen molar-refractivity contribution in [2.24, 2.45) is 0 Å². The first-order chi connectivity index (χ1) is 16.0. The molecule has 170 valence electrons. The van der Waals surface area contributed by atoms with Crippen molar-refractivity contribution in [1.82, 2.24) is 10.2 Å². The quantitative estimate of drug-likeness (QED) is 0.529. The average molecular weight is 469 g/mol. The summed E-state index contributed by atoms with van der Waals surface area (Å²) in [6, 6.07) is 11.1. The molecule has 2 heterocycles. The molecule has 1 unspecified atom stereocenters. The van der Waals surface area contributed by atoms with Crippen LogP contribution in [-0.4, -0.2) is 42.8 Å². The summed E-state index contributed by atoms with van der Waals surface area (Å²) >= 11 is 1.23. The normalized spacial score (nSPS) is 15.8. The lowest BCUT2D eigenvalue weighted by molar-refractivity contribution is -0.117. The summed E-state index contributed by atoms with van der Waals surface area (Å²) in [4.78, 5) is 26.3. The molecule has 0 spiro atoms. The summed E-state index contributed by atoms with van der Waals surface area (Å²) in [5, 5.41) is 11.9. The van der Waals surface area contributed by atoms with E-state index in [9.17, 15) is 14.0 Å². The van der Waals surface area contributed by atoms with Gasteiger partial charge in [-0.05, 0) is 48.0 Å². The van der Waals surface area contributed by atoms with Crippen LogP contribution in [0.5, 0.6) is 11.5 Å². The molecular formula is C23H21FN4O4S. The van der Waals surface area contributed by atoms with Crippen LogP contribution in [0.2, 0.25) is 0 Å². The average Bonchev–Trinajstić information content (AvgIpc) is 3.44. The number of ether oxygens (including phenoxy) is 2. The van der Waals surface area contributed by atoms with Gasteiger partial charge in [-0.25, -0.2) is 4.39 Å². The molecular weight excluding hydrogens is 447 g/mol. The van der Waals surface area contributed by atoms with Crippen molar-refractivity contribution in [3.8, 4) is 11.5 Å². The Balaban J connectivity index is 1.38. The van der Waals surface area contributed by atoms with Gasteiger partial charge in [-0.2, -0.15) is 0 Å². The highest BCUT2D eigenvalue weighted by Gasteiger charge is 2.34. The summed E-state index contributed by atoms with van der Waals surface area (Å²) in [5.41, 5.74) is 1.41. The molecule has 4 rings (SSSR count). The van der Waals surface area contributed by atoms with Gasteiger partial charge in [0.1, 0.15) is 10.8 Å². The fourth-order valence-corrected chi connectivity index (χ4v) is 4.31. The smallest absolute Gasteiger partial charge is 0.250 e. The van der Waals surface area contributed by atoms with Crippen LogP contribution in [0.4, 0.5) is 15.2 Å². The van der Waals surface area contributed by atoms with Crippen molar-refractivity contribution in [3.63, 3.8) is 0 Å². The SMILES string of the molecule is COc1ccc(/C=C/C(=O)Nc2nnc(C3CC(=O)N(c4ccc(F)cc4)C3)s2)cc1OC. The number of benzene rings is 2. The van der Waals surface area contributed by atoms with Gasteiger partial charge in [0, 0.05) is 30.6 Å². The first-order valence-electron chi connectivity index (χ1n) is 10.1. The number of rotatable bonds is 7. The monoisotopic (exact) mass is 468 g/mol. The van der Waals surface area contributed by atoms with Crippen LogP contribution in [0.25, 0.3) is 6.08 Å². The molecule has 0 bridgehead atoms. The Morgan fingerprint density at radius 1 is 1.15 bits per heavy atom. The molecule has 1 aromatic heterocycles. The van der Waals surface area contributed by atoms with Crippen molar-refractivity contribution in [2.45, 2.75) is 12.3 Å². The van der Waals surface area contributed by atoms with Crippen molar-refractivity contribution in [1.29, 1.82) is 0 Å². The highest BCUT2D eigenvalue weighted by Crippen LogP contribution is 2.34. The van der Waals surface area contributed by atoms with Gasteiger partial charge < -0.3 is 14.4 Å². The molecule has 2 aromatic carbocycles. The van der Waals surface area contributed by atoms with E-state index >= 15 is 0 Å². The Kier molecular flexibility index (Phi) is 6.64. The fraction of sp³-hybridized carbons (Fsp3) is 0.217. The lowest BCUT2D eigenvalue weighted by Crippen LogP contribution is -2.24. The Bertz CT molecular complexity index is 1200. The standard InChI is InChI=1S/C23H21FN4O4S/c1-31-18-9-3-14(11-19(18)32-2)4-10-20(29)25-23-27-26-22(33-23)15-12-21(30)28(13-15)17-7-5-16(24)6-8-17/h3-11,15H,12-13H2,1-2H3,(H,25,27,29)/b10-4+. The minimum absolute atomic E-state index is 0.0646. The number of anilines is 2. The molecule has 8 nitrogen and oxygen atoms in total. The van der Waals surface area contributed by atoms with Crippen LogP contribution in [0.1, 0.15) is 22.9 Å². The minimum atomic E-state index is -0.358. The van der Waals surface area contributed by atoms with Crippen LogP contribution in [0.3, 0.4) is 0 Å². The lowest BCUT2D eigenvalue weighted by atomic mass is 10.1. The zero-order chi connectivity index (χ0) is 23.4. The molecule has 10 heteroatoms. The van der Waals surface area contributed by atoms with Crippen LogP contribution in [0.15, 0.2) is 48.5 Å². The van der Waals surface area contributed by atoms with Gasteiger partial charge in [0.05, 0.1) is 14.2 Å². The molecule has 33 heavy (non-hydrogen) atoms. The number of methoxy groups -OCH3 is 2. The largest absolute Gasteiger partial charge is 0.493 e. The lowest BCUT2D eigenvalue weighted by Gasteiger charge is -2.16. The highest BCUT2D eigenvalue weighted by atomic mass is 32.1. The van der Waals surface area contributed by atoms with Gasteiger partial charge in [-0.3, -0.25) is 14.9 Å². The summed E-state index contributed by atoms with van der Waals surface area (Å²) in [6.45, 7) is 0.423. The van der Waals surface area contributed by atoms with Gasteiger partial charge in [0.2, 0.25) is 16.9 Å². The number of amides is 2. The van der Waals surface area contributed by atoms with Gasteiger partial charge in [0.25, 0.3) is 0 Å². The molecule has 1 N–H and O–H groups in total. The fourth-order valence-electron chi connectivity index (χ4n) is 3.47. The number of hydrogen-bond donors (Lipinski definition) is 1. The Morgan fingerprint density at radius 3 is 2.64 bits per heavy atom. The van der Waals surface area contributed by atoms with E-state index in [2.05, 4.69) is 15.5 Å². The second-order valence-corrected chi connectivity index (χ2v) is 8.27. The molecule has 0 saturated carbocycles. The molecule has 1 aliphatic heterocycles. The summed E-state index contributed by atoms with van der Waals surface area (Å²) in [7, 11) is 3.10. The molecule has 1 aliphatic rings. The van der Waals surface area contributed by atoms with E-state index in [1.165, 1.54) is 29.5 Å². The summed E-state index contributed by atoms with van der Waals surface area (Å²) < 4.78 is 23.6. The highest BCUT2D eigenvalue weighted by molar-refractivity contribution is 7.15. The number of carbonyl (C=O) groups is 2. The molecule has 0 aliphatic carbocycles. The van der Waals surface area contributed by atoms with Crippen molar-refractivity contribution < 1.29 is 23.5 Å². The molecule has 2 amide bonds. The second-order valence-electron chi connectivity index (χ2n) is 7.26. The van der Waals surface area contributed by atoms with Crippen LogP contribution < -0.4 is 19.7 Å². The summed E-state index contributed by atoms with van der Waals surface area (Å²) in [6.07, 6.45) is 3.31. The van der Waals surface area contributed by atoms with Gasteiger partial charge in [-0.15, -0.1) is 10.2 Å². The maximum atomic E-state index is 13.2. The molecule has 0 radical (unpaired) electrons. The number of nitrogens with one attached hydrogen (secondary N) is 1. The molecule has 1 fully saturated rings. The van der Waals surface area contributed by atoms with Crippen LogP contribution in [-0.2, 0) is 9.59 Å².